The molecule has 1 aromatic rings. The Morgan fingerprint density at radius 1 is 1.47 bits per heavy atom. The maximum atomic E-state index is 11.3. The van der Waals surface area contributed by atoms with Crippen molar-refractivity contribution >= 4 is 64.5 Å². The Morgan fingerprint density at radius 2 is 2.00 bits per heavy atom. The van der Waals surface area contributed by atoms with E-state index >= 15 is 0 Å². The van der Waals surface area contributed by atoms with Crippen LogP contribution in [0.5, 0.6) is 0 Å². The molecule has 0 fully saturated rings. The van der Waals surface area contributed by atoms with Crippen molar-refractivity contribution in [3.63, 3.8) is 0 Å². The molecule has 1 rings (SSSR count). The van der Waals surface area contributed by atoms with E-state index in [1.165, 1.54) is 23.9 Å². The van der Waals surface area contributed by atoms with Crippen LogP contribution in [-0.4, -0.2) is 19.8 Å². The molecule has 19 heavy (non-hydrogen) atoms. The molecule has 0 aliphatic rings. The van der Waals surface area contributed by atoms with Gasteiger partial charge in [-0.15, -0.1) is 0 Å². The van der Waals surface area contributed by atoms with Crippen LogP contribution in [0.1, 0.15) is 0 Å². The third-order valence-corrected chi connectivity index (χ3v) is 4.57. The molecule has 0 atom stereocenters. The van der Waals surface area contributed by atoms with Crippen LogP contribution in [0.25, 0.3) is 0 Å². The van der Waals surface area contributed by atoms with E-state index in [4.69, 9.17) is 10.4 Å². The minimum Gasteiger partial charge on any atom is -0.271 e. The summed E-state index contributed by atoms with van der Waals surface area (Å²) in [6, 6.07) is 2.70. The van der Waals surface area contributed by atoms with E-state index < -0.39 is 10.0 Å². The van der Waals surface area contributed by atoms with Gasteiger partial charge in [-0.25, -0.2) is 18.5 Å². The first kappa shape index (κ1) is 16.5. The lowest BCUT2D eigenvalue weighted by molar-refractivity contribution is 0.597. The maximum Gasteiger partial charge on any atom is 0.238 e. The van der Waals surface area contributed by atoms with E-state index in [9.17, 15) is 8.42 Å². The number of nitrogens with zero attached hydrogens (tertiary/aromatic N) is 2. The Labute approximate surface area is 131 Å². The molecule has 0 amide bonds. The number of aliphatic imine (C=N–C) groups is 1. The number of sulfonamides is 1. The topological polar surface area (TPSA) is 108 Å². The number of halogens is 2. The molecule has 0 aliphatic carbocycles. The zero-order valence-electron chi connectivity index (χ0n) is 9.52. The number of amidine groups is 1. The number of hydrogen-bond acceptors (Lipinski definition) is 5. The Balaban J connectivity index is 3.37. The standard InChI is InChI=1S/C9H8Br2N4O2S2/c1-18-9(14-4-12)15-8-6(10)2-5(3-7(8)11)19(13,16)17/h2-3H,1H3,(H,14,15)(H2,13,16,17). The first-order valence-corrected chi connectivity index (χ1v) is 8.95. The lowest BCUT2D eigenvalue weighted by Gasteiger charge is -2.07. The molecule has 6 nitrogen and oxygen atoms in total. The fourth-order valence-electron chi connectivity index (χ4n) is 1.09. The van der Waals surface area contributed by atoms with E-state index in [-0.39, 0.29) is 4.90 Å². The van der Waals surface area contributed by atoms with Crippen molar-refractivity contribution in [2.45, 2.75) is 4.90 Å². The van der Waals surface area contributed by atoms with Gasteiger partial charge in [0.2, 0.25) is 10.0 Å². The summed E-state index contributed by atoms with van der Waals surface area (Å²) in [6.07, 6.45) is 3.52. The van der Waals surface area contributed by atoms with Gasteiger partial charge in [0.25, 0.3) is 0 Å². The number of benzene rings is 1. The molecule has 0 aromatic heterocycles. The molecule has 0 unspecified atom stereocenters. The molecular weight excluding hydrogens is 420 g/mol. The molecule has 3 N–H and O–H groups in total. The average molecular weight is 428 g/mol. The minimum absolute atomic E-state index is 0.0378. The molecule has 0 saturated heterocycles. The highest BCUT2D eigenvalue weighted by molar-refractivity contribution is 9.11. The third-order valence-electron chi connectivity index (χ3n) is 1.89. The van der Waals surface area contributed by atoms with Gasteiger partial charge in [-0.1, -0.05) is 11.8 Å². The van der Waals surface area contributed by atoms with Crippen molar-refractivity contribution in [3.05, 3.63) is 21.1 Å². The van der Waals surface area contributed by atoms with Crippen molar-refractivity contribution in [1.29, 1.82) is 5.26 Å². The summed E-state index contributed by atoms with van der Waals surface area (Å²) in [5.74, 6) is 0. The molecule has 0 bridgehead atoms. The van der Waals surface area contributed by atoms with Crippen molar-refractivity contribution in [2.24, 2.45) is 10.1 Å². The molecule has 0 spiro atoms. The number of rotatable bonds is 2. The van der Waals surface area contributed by atoms with Gasteiger partial charge in [-0.05, 0) is 50.2 Å². The Kier molecular flexibility index (Phi) is 5.82. The van der Waals surface area contributed by atoms with Gasteiger partial charge in [-0.2, -0.15) is 5.26 Å². The number of nitrogens with one attached hydrogen (secondary N) is 1. The second-order valence-corrected chi connectivity index (χ2v) is 7.20. The summed E-state index contributed by atoms with van der Waals surface area (Å²) in [6.45, 7) is 0. The first-order valence-electron chi connectivity index (χ1n) is 4.59. The number of nitrogens with two attached hydrogens (primary N) is 1. The van der Waals surface area contributed by atoms with Crippen LogP contribution >= 0.6 is 43.6 Å². The van der Waals surface area contributed by atoms with Gasteiger partial charge in [0.15, 0.2) is 11.4 Å². The van der Waals surface area contributed by atoms with Crippen molar-refractivity contribution < 1.29 is 8.42 Å². The maximum absolute atomic E-state index is 11.3. The highest BCUT2D eigenvalue weighted by atomic mass is 79.9. The van der Waals surface area contributed by atoms with E-state index in [0.717, 1.165) is 0 Å². The highest BCUT2D eigenvalue weighted by Crippen LogP contribution is 2.36. The monoisotopic (exact) mass is 426 g/mol. The zero-order chi connectivity index (χ0) is 14.6. The fraction of sp³-hybridized carbons (Fsp3) is 0.111. The largest absolute Gasteiger partial charge is 0.271 e. The van der Waals surface area contributed by atoms with Crippen LogP contribution in [-0.2, 0) is 10.0 Å². The summed E-state index contributed by atoms with van der Waals surface area (Å²) in [7, 11) is -3.79. The lowest BCUT2D eigenvalue weighted by atomic mass is 10.3. The second kappa shape index (κ2) is 6.71. The summed E-state index contributed by atoms with van der Waals surface area (Å²) in [5, 5.41) is 16.4. The fourth-order valence-corrected chi connectivity index (χ4v) is 3.65. The van der Waals surface area contributed by atoms with E-state index in [1.54, 1.807) is 12.4 Å². The summed E-state index contributed by atoms with van der Waals surface area (Å²) in [5.41, 5.74) is 0.458. The lowest BCUT2D eigenvalue weighted by Crippen LogP contribution is -2.13. The van der Waals surface area contributed by atoms with E-state index in [2.05, 4.69) is 42.2 Å². The predicted octanol–water partition coefficient (Wildman–Crippen LogP) is 2.28. The first-order chi connectivity index (χ1) is 8.79. The van der Waals surface area contributed by atoms with Crippen LogP contribution in [0.4, 0.5) is 5.69 Å². The minimum atomic E-state index is -3.79. The van der Waals surface area contributed by atoms with Crippen LogP contribution in [0, 0.1) is 11.5 Å². The average Bonchev–Trinajstić information content (AvgIpc) is 2.30. The van der Waals surface area contributed by atoms with Crippen molar-refractivity contribution in [1.82, 2.24) is 5.32 Å². The highest BCUT2D eigenvalue weighted by Gasteiger charge is 2.14. The van der Waals surface area contributed by atoms with Crippen molar-refractivity contribution in [2.75, 3.05) is 6.26 Å². The zero-order valence-corrected chi connectivity index (χ0v) is 14.3. The molecular formula is C9H8Br2N4O2S2. The molecule has 0 aliphatic heterocycles. The summed E-state index contributed by atoms with van der Waals surface area (Å²) in [4.78, 5) is 4.17. The summed E-state index contributed by atoms with van der Waals surface area (Å²) >= 11 is 7.69. The van der Waals surface area contributed by atoms with Crippen LogP contribution < -0.4 is 10.5 Å². The van der Waals surface area contributed by atoms with E-state index in [0.29, 0.717) is 19.8 Å². The number of thioether (sulfide) groups is 1. The van der Waals surface area contributed by atoms with Gasteiger partial charge < -0.3 is 0 Å². The normalized spacial score (nSPS) is 12.1. The van der Waals surface area contributed by atoms with Crippen LogP contribution in [0.2, 0.25) is 0 Å². The van der Waals surface area contributed by atoms with Crippen molar-refractivity contribution in [3.8, 4) is 6.19 Å². The van der Waals surface area contributed by atoms with Crippen LogP contribution in [0.15, 0.2) is 31.0 Å². The number of nitriles is 1. The smallest absolute Gasteiger partial charge is 0.238 e. The third kappa shape index (κ3) is 4.47. The van der Waals surface area contributed by atoms with Gasteiger partial charge in [0.1, 0.15) is 0 Å². The Bertz CT molecular complexity index is 644. The second-order valence-electron chi connectivity index (χ2n) is 3.14. The molecule has 0 radical (unpaired) electrons. The SMILES string of the molecule is CSC(=Nc1c(Br)cc(S(N)(=O)=O)cc1Br)NC#N. The molecule has 10 heteroatoms. The van der Waals surface area contributed by atoms with Gasteiger partial charge in [-0.3, -0.25) is 5.32 Å². The van der Waals surface area contributed by atoms with Gasteiger partial charge in [0, 0.05) is 8.95 Å². The molecule has 102 valence electrons. The summed E-state index contributed by atoms with van der Waals surface area (Å²) < 4.78 is 23.4. The molecule has 0 saturated carbocycles. The predicted molar refractivity (Wildman–Crippen MR) is 82.6 cm³/mol. The van der Waals surface area contributed by atoms with Crippen LogP contribution in [0.3, 0.4) is 0 Å². The van der Waals surface area contributed by atoms with E-state index in [1.807, 2.05) is 0 Å². The molecule has 0 heterocycles. The van der Waals surface area contributed by atoms with Gasteiger partial charge >= 0.3 is 0 Å². The quantitative estimate of drug-likeness (QED) is 0.325. The Hall–Kier alpha value is -0.600. The van der Waals surface area contributed by atoms with Gasteiger partial charge in [0.05, 0.1) is 10.6 Å². The number of hydrogen-bond donors (Lipinski definition) is 2. The Morgan fingerprint density at radius 3 is 2.37 bits per heavy atom. The number of primary sulfonamides is 1. The molecule has 1 aromatic carbocycles.